The van der Waals surface area contributed by atoms with Gasteiger partial charge in [0, 0.05) is 43.1 Å². The summed E-state index contributed by atoms with van der Waals surface area (Å²) in [5.41, 5.74) is 0.743. The lowest BCUT2D eigenvalue weighted by atomic mass is 9.92. The van der Waals surface area contributed by atoms with Gasteiger partial charge in [-0.05, 0) is 72.0 Å². The summed E-state index contributed by atoms with van der Waals surface area (Å²) in [6, 6.07) is 15.7. The standard InChI is InChI=1S/C35H35ClF4N8O5/c1-34(2)18-42-28(49)22-8-10-24(11-9-22)44-32-45-31(46-33(47-32)53-20-35(38,39)40)41-17-21-7-12-27(26(36)15-21)52-14-4-13-48(19-34)30(51)29(50)43-25-6-3-5-23(37)16-25/h3,5-12,15-16H,4,13-14,17-20H2,1-2H3,(H,42,49)(H,43,50)(H2,41,44,45,46,47). The van der Waals surface area contributed by atoms with E-state index >= 15 is 0 Å². The van der Waals surface area contributed by atoms with Crippen LogP contribution in [0.2, 0.25) is 5.02 Å². The van der Waals surface area contributed by atoms with Crippen LogP contribution >= 0.6 is 11.6 Å². The van der Waals surface area contributed by atoms with E-state index in [1.54, 1.807) is 30.3 Å². The predicted octanol–water partition coefficient (Wildman–Crippen LogP) is 5.97. The van der Waals surface area contributed by atoms with E-state index in [0.29, 0.717) is 23.4 Å². The first-order chi connectivity index (χ1) is 25.1. The van der Waals surface area contributed by atoms with E-state index in [-0.39, 0.29) is 61.0 Å². The normalized spacial score (nSPS) is 15.2. The Bertz CT molecular complexity index is 1950. The minimum atomic E-state index is -4.63. The minimum Gasteiger partial charge on any atom is -0.492 e. The molecule has 4 aromatic rings. The molecule has 280 valence electrons. The maximum atomic E-state index is 13.7. The minimum absolute atomic E-state index is 0.0661. The van der Waals surface area contributed by atoms with Gasteiger partial charge in [0.05, 0.1) is 11.6 Å². The molecule has 8 rings (SSSR count). The maximum Gasteiger partial charge on any atom is 0.422 e. The highest BCUT2D eigenvalue weighted by molar-refractivity contribution is 6.39. The number of nitrogens with one attached hydrogen (secondary N) is 4. The molecular formula is C35H35ClF4N8O5. The summed E-state index contributed by atoms with van der Waals surface area (Å²) in [7, 11) is 0. The molecule has 4 aliphatic heterocycles. The van der Waals surface area contributed by atoms with Gasteiger partial charge in [0.25, 0.3) is 5.91 Å². The van der Waals surface area contributed by atoms with E-state index in [9.17, 15) is 31.9 Å². The van der Waals surface area contributed by atoms with Crippen molar-refractivity contribution in [1.29, 1.82) is 0 Å². The lowest BCUT2D eigenvalue weighted by molar-refractivity contribution is -0.154. The lowest BCUT2D eigenvalue weighted by Crippen LogP contribution is -2.48. The van der Waals surface area contributed by atoms with E-state index in [2.05, 4.69) is 36.2 Å². The summed E-state index contributed by atoms with van der Waals surface area (Å²) in [6.07, 6.45) is -4.33. The average Bonchev–Trinajstić information content (AvgIpc) is 3.10. The summed E-state index contributed by atoms with van der Waals surface area (Å²) in [5.74, 6) is -2.68. The van der Waals surface area contributed by atoms with Crippen molar-refractivity contribution in [2.75, 3.05) is 48.8 Å². The number of benzene rings is 3. The molecule has 5 heterocycles. The SMILES string of the molecule is CC1(C)CNC(=O)c2ccc(cc2)Nc2nc(nc(OCC(F)(F)F)n2)NCc2ccc(c(Cl)c2)OCCCN(C(=O)C(=O)Nc2cccc(F)c2)C1. The summed E-state index contributed by atoms with van der Waals surface area (Å²) >= 11 is 6.49. The Balaban J connectivity index is 1.38. The highest BCUT2D eigenvalue weighted by Gasteiger charge is 2.30. The fourth-order valence-electron chi connectivity index (χ4n) is 5.07. The number of halogens is 5. The molecule has 53 heavy (non-hydrogen) atoms. The van der Waals surface area contributed by atoms with Gasteiger partial charge in [0.15, 0.2) is 6.61 Å². The molecule has 0 spiro atoms. The molecule has 0 saturated heterocycles. The van der Waals surface area contributed by atoms with Gasteiger partial charge in [-0.15, -0.1) is 0 Å². The van der Waals surface area contributed by atoms with Crippen LogP contribution in [0.1, 0.15) is 36.2 Å². The van der Waals surface area contributed by atoms with E-state index in [1.165, 1.54) is 35.2 Å². The van der Waals surface area contributed by atoms with Crippen LogP contribution < -0.4 is 30.7 Å². The zero-order valence-corrected chi connectivity index (χ0v) is 29.3. The highest BCUT2D eigenvalue weighted by atomic mass is 35.5. The Morgan fingerprint density at radius 1 is 1.02 bits per heavy atom. The van der Waals surface area contributed by atoms with E-state index in [4.69, 9.17) is 21.1 Å². The third-order valence-electron chi connectivity index (χ3n) is 7.57. The van der Waals surface area contributed by atoms with Crippen LogP contribution in [-0.2, 0) is 16.1 Å². The first-order valence-corrected chi connectivity index (χ1v) is 16.6. The molecule has 18 heteroatoms. The third kappa shape index (κ3) is 11.6. The topological polar surface area (TPSA) is 160 Å². The van der Waals surface area contributed by atoms with Gasteiger partial charge in [0.1, 0.15) is 11.6 Å². The smallest absolute Gasteiger partial charge is 0.422 e. The van der Waals surface area contributed by atoms with Gasteiger partial charge in [0.2, 0.25) is 11.9 Å². The van der Waals surface area contributed by atoms with Gasteiger partial charge >= 0.3 is 24.0 Å². The first-order valence-electron chi connectivity index (χ1n) is 16.2. The Kier molecular flexibility index (Phi) is 12.2. The second kappa shape index (κ2) is 16.8. The molecule has 0 fully saturated rings. The zero-order chi connectivity index (χ0) is 38.2. The zero-order valence-electron chi connectivity index (χ0n) is 28.5. The first kappa shape index (κ1) is 38.5. The van der Waals surface area contributed by atoms with Crippen molar-refractivity contribution in [2.45, 2.75) is 33.0 Å². The van der Waals surface area contributed by atoms with E-state index in [0.717, 1.165) is 6.07 Å². The number of nitrogens with zero attached hydrogens (tertiary/aromatic N) is 4. The molecule has 0 atom stereocenters. The Morgan fingerprint density at radius 3 is 2.49 bits per heavy atom. The summed E-state index contributed by atoms with van der Waals surface area (Å²) in [4.78, 5) is 53.0. The van der Waals surface area contributed by atoms with Crippen LogP contribution in [0.15, 0.2) is 66.7 Å². The fraction of sp³-hybridized carbons (Fsp3) is 0.314. The number of carbonyl (C=O) groups excluding carboxylic acids is 3. The number of amides is 3. The average molecular weight is 759 g/mol. The molecule has 6 bridgehead atoms. The molecular weight excluding hydrogens is 724 g/mol. The van der Waals surface area contributed by atoms with Gasteiger partial charge in [-0.1, -0.05) is 37.6 Å². The highest BCUT2D eigenvalue weighted by Crippen LogP contribution is 2.27. The molecule has 1 aromatic heterocycles. The van der Waals surface area contributed by atoms with Gasteiger partial charge in [-0.3, -0.25) is 14.4 Å². The molecule has 13 nitrogen and oxygen atoms in total. The number of rotatable bonds is 3. The lowest BCUT2D eigenvalue weighted by Gasteiger charge is -2.32. The number of ether oxygens (including phenoxy) is 2. The van der Waals surface area contributed by atoms with E-state index in [1.807, 2.05) is 13.8 Å². The number of hydrogen-bond donors (Lipinski definition) is 4. The number of carbonyl (C=O) groups is 3. The van der Waals surface area contributed by atoms with Crippen LogP contribution in [0.5, 0.6) is 11.8 Å². The van der Waals surface area contributed by atoms with E-state index < -0.39 is 47.7 Å². The third-order valence-corrected chi connectivity index (χ3v) is 7.87. The van der Waals surface area contributed by atoms with Gasteiger partial charge < -0.3 is 35.6 Å². The number of hydrogen-bond acceptors (Lipinski definition) is 10. The maximum absolute atomic E-state index is 13.7. The van der Waals surface area contributed by atoms with Crippen molar-refractivity contribution in [3.63, 3.8) is 0 Å². The van der Waals surface area contributed by atoms with Crippen LogP contribution in [0.4, 0.5) is 40.8 Å². The number of anilines is 4. The van der Waals surface area contributed by atoms with Crippen molar-refractivity contribution in [3.05, 3.63) is 88.7 Å². The molecule has 0 saturated carbocycles. The molecule has 0 aliphatic carbocycles. The van der Waals surface area contributed by atoms with Crippen LogP contribution in [-0.4, -0.2) is 76.6 Å². The molecule has 0 radical (unpaired) electrons. The van der Waals surface area contributed by atoms with Crippen molar-refractivity contribution in [2.24, 2.45) is 5.41 Å². The fourth-order valence-corrected chi connectivity index (χ4v) is 5.33. The Hall–Kier alpha value is -5.71. The van der Waals surface area contributed by atoms with Crippen molar-refractivity contribution in [3.8, 4) is 11.8 Å². The molecule has 3 amide bonds. The van der Waals surface area contributed by atoms with Crippen LogP contribution in [0.3, 0.4) is 0 Å². The van der Waals surface area contributed by atoms with Crippen LogP contribution in [0, 0.1) is 11.2 Å². The number of alkyl halides is 3. The Labute approximate surface area is 306 Å². The molecule has 3 aromatic carbocycles. The van der Waals surface area contributed by atoms with Crippen molar-refractivity contribution >= 4 is 52.6 Å². The van der Waals surface area contributed by atoms with Gasteiger partial charge in [-0.25, -0.2) is 4.39 Å². The van der Waals surface area contributed by atoms with Crippen molar-refractivity contribution < 1.29 is 41.4 Å². The van der Waals surface area contributed by atoms with Crippen LogP contribution in [0.25, 0.3) is 0 Å². The second-order valence-corrected chi connectivity index (χ2v) is 13.1. The quantitative estimate of drug-likeness (QED) is 0.145. The molecule has 4 aliphatic rings. The van der Waals surface area contributed by atoms with Crippen molar-refractivity contribution in [1.82, 2.24) is 25.2 Å². The molecule has 0 unspecified atom stereocenters. The Morgan fingerprint density at radius 2 is 1.77 bits per heavy atom. The molecule has 4 N–H and O–H groups in total. The summed E-state index contributed by atoms with van der Waals surface area (Å²) < 4.78 is 63.0. The van der Waals surface area contributed by atoms with Gasteiger partial charge in [-0.2, -0.15) is 28.1 Å². The monoisotopic (exact) mass is 758 g/mol. The predicted molar refractivity (Wildman–Crippen MR) is 188 cm³/mol. The second-order valence-electron chi connectivity index (χ2n) is 12.7. The largest absolute Gasteiger partial charge is 0.492 e. The summed E-state index contributed by atoms with van der Waals surface area (Å²) in [5, 5.41) is 11.3. The number of aromatic nitrogens is 3. The summed E-state index contributed by atoms with van der Waals surface area (Å²) in [6.45, 7) is 2.52.